The number of sulfonamides is 1. The zero-order chi connectivity index (χ0) is 22.1. The van der Waals surface area contributed by atoms with E-state index in [0.717, 1.165) is 37.5 Å². The third-order valence-corrected chi connectivity index (χ3v) is 5.52. The van der Waals surface area contributed by atoms with Crippen molar-refractivity contribution in [2.24, 2.45) is 5.14 Å². The molecule has 2 aromatic rings. The summed E-state index contributed by atoms with van der Waals surface area (Å²) >= 11 is 0. The summed E-state index contributed by atoms with van der Waals surface area (Å²) in [5, 5.41) is 7.23. The van der Waals surface area contributed by atoms with Crippen molar-refractivity contribution in [3.05, 3.63) is 47.4 Å². The highest BCUT2D eigenvalue weighted by molar-refractivity contribution is 7.89. The van der Waals surface area contributed by atoms with Gasteiger partial charge in [-0.3, -0.25) is 4.79 Å². The minimum atomic E-state index is -4.71. The molecule has 162 valence electrons. The van der Waals surface area contributed by atoms with E-state index in [1.807, 2.05) is 0 Å². The Morgan fingerprint density at radius 2 is 1.80 bits per heavy atom. The average molecular weight is 446 g/mol. The summed E-state index contributed by atoms with van der Waals surface area (Å²) in [6, 6.07) is 3.34. The summed E-state index contributed by atoms with van der Waals surface area (Å²) in [4.78, 5) is 17.5. The summed E-state index contributed by atoms with van der Waals surface area (Å²) in [6.07, 6.45) is -1.47. The SMILES string of the molecule is NS(=O)(=O)c1cc(NC(=O)c2cc(C(F)(F)F)cnc2N2CCCCC2)ccc1F. The number of nitrogens with zero attached hydrogens (tertiary/aromatic N) is 2. The standard InChI is InChI=1S/C18H18F4N4O3S/c19-14-5-4-12(9-15(14)30(23,28)29)25-17(27)13-8-11(18(20,21)22)10-24-16(13)26-6-2-1-3-7-26/h4-5,8-10H,1-3,6-7H2,(H,25,27)(H2,23,28,29). The topological polar surface area (TPSA) is 105 Å². The van der Waals surface area contributed by atoms with Crippen molar-refractivity contribution in [2.75, 3.05) is 23.3 Å². The number of hydrogen-bond acceptors (Lipinski definition) is 5. The maximum atomic E-state index is 13.7. The molecule has 2 heterocycles. The van der Waals surface area contributed by atoms with Gasteiger partial charge in [-0.1, -0.05) is 0 Å². The molecule has 1 aliphatic rings. The van der Waals surface area contributed by atoms with E-state index < -0.39 is 38.4 Å². The number of carbonyl (C=O) groups excluding carboxylic acids is 1. The number of nitrogens with two attached hydrogens (primary N) is 1. The lowest BCUT2D eigenvalue weighted by Gasteiger charge is -2.29. The third kappa shape index (κ3) is 4.87. The van der Waals surface area contributed by atoms with Gasteiger partial charge in [-0.2, -0.15) is 13.2 Å². The van der Waals surface area contributed by atoms with E-state index in [4.69, 9.17) is 5.14 Å². The lowest BCUT2D eigenvalue weighted by atomic mass is 10.1. The number of carbonyl (C=O) groups is 1. The summed E-state index contributed by atoms with van der Waals surface area (Å²) in [5.74, 6) is -1.97. The maximum absolute atomic E-state index is 13.7. The van der Waals surface area contributed by atoms with Crippen LogP contribution >= 0.6 is 0 Å². The molecule has 1 aliphatic heterocycles. The van der Waals surface area contributed by atoms with Gasteiger partial charge in [-0.25, -0.2) is 22.9 Å². The minimum absolute atomic E-state index is 0.0916. The fourth-order valence-electron chi connectivity index (χ4n) is 3.13. The van der Waals surface area contributed by atoms with Gasteiger partial charge in [-0.05, 0) is 43.5 Å². The summed E-state index contributed by atoms with van der Waals surface area (Å²) in [6.45, 7) is 1.06. The van der Waals surface area contributed by atoms with Crippen LogP contribution in [0.5, 0.6) is 0 Å². The number of pyridine rings is 1. The van der Waals surface area contributed by atoms with E-state index in [1.54, 1.807) is 4.90 Å². The van der Waals surface area contributed by atoms with Crippen molar-refractivity contribution >= 4 is 27.4 Å². The van der Waals surface area contributed by atoms with Crippen LogP contribution in [0.15, 0.2) is 35.4 Å². The van der Waals surface area contributed by atoms with Crippen LogP contribution in [0.1, 0.15) is 35.2 Å². The van der Waals surface area contributed by atoms with Crippen molar-refractivity contribution in [1.82, 2.24) is 4.98 Å². The molecule has 0 spiro atoms. The second-order valence-corrected chi connectivity index (χ2v) is 8.31. The van der Waals surface area contributed by atoms with Crippen LogP contribution in [-0.2, 0) is 16.2 Å². The van der Waals surface area contributed by atoms with Gasteiger partial charge in [0.2, 0.25) is 10.0 Å². The Labute approximate surface area is 169 Å². The van der Waals surface area contributed by atoms with Crippen LogP contribution in [0.4, 0.5) is 29.1 Å². The number of primary sulfonamides is 1. The normalized spacial score (nSPS) is 15.2. The molecule has 3 N–H and O–H groups in total. The molecule has 12 heteroatoms. The average Bonchev–Trinajstić information content (AvgIpc) is 2.68. The first-order valence-electron chi connectivity index (χ1n) is 8.93. The number of piperidine rings is 1. The van der Waals surface area contributed by atoms with Crippen molar-refractivity contribution in [3.63, 3.8) is 0 Å². The number of nitrogens with one attached hydrogen (secondary N) is 1. The molecular weight excluding hydrogens is 428 g/mol. The molecule has 1 amide bonds. The molecule has 0 bridgehead atoms. The molecule has 0 aliphatic carbocycles. The highest BCUT2D eigenvalue weighted by Gasteiger charge is 2.33. The Morgan fingerprint density at radius 1 is 1.13 bits per heavy atom. The number of aromatic nitrogens is 1. The number of rotatable bonds is 4. The first-order chi connectivity index (χ1) is 14.0. The van der Waals surface area contributed by atoms with Gasteiger partial charge >= 0.3 is 6.18 Å². The van der Waals surface area contributed by atoms with Crippen molar-refractivity contribution < 1.29 is 30.8 Å². The Kier molecular flexibility index (Phi) is 5.99. The van der Waals surface area contributed by atoms with E-state index >= 15 is 0 Å². The predicted molar refractivity (Wildman–Crippen MR) is 101 cm³/mol. The lowest BCUT2D eigenvalue weighted by Crippen LogP contribution is -2.32. The first kappa shape index (κ1) is 22.0. The summed E-state index contributed by atoms with van der Waals surface area (Å²) in [7, 11) is -4.40. The molecule has 0 atom stereocenters. The third-order valence-electron chi connectivity index (χ3n) is 4.59. The number of amides is 1. The van der Waals surface area contributed by atoms with Gasteiger partial charge in [-0.15, -0.1) is 0 Å². The number of halogens is 4. The van der Waals surface area contributed by atoms with Crippen LogP contribution in [0, 0.1) is 5.82 Å². The lowest BCUT2D eigenvalue weighted by molar-refractivity contribution is -0.137. The fraction of sp³-hybridized carbons (Fsp3) is 0.333. The Hall–Kier alpha value is -2.73. The minimum Gasteiger partial charge on any atom is -0.356 e. The molecule has 7 nitrogen and oxygen atoms in total. The summed E-state index contributed by atoms with van der Waals surface area (Å²) in [5.41, 5.74) is -1.57. The monoisotopic (exact) mass is 446 g/mol. The van der Waals surface area contributed by atoms with Crippen LogP contribution < -0.4 is 15.4 Å². The largest absolute Gasteiger partial charge is 0.417 e. The van der Waals surface area contributed by atoms with Gasteiger partial charge < -0.3 is 10.2 Å². The fourth-order valence-corrected chi connectivity index (χ4v) is 3.77. The zero-order valence-electron chi connectivity index (χ0n) is 15.5. The number of anilines is 2. The van der Waals surface area contributed by atoms with E-state index in [-0.39, 0.29) is 17.1 Å². The first-order valence-corrected chi connectivity index (χ1v) is 10.5. The van der Waals surface area contributed by atoms with Crippen LogP contribution in [0.3, 0.4) is 0 Å². The van der Waals surface area contributed by atoms with Gasteiger partial charge in [0.25, 0.3) is 5.91 Å². The molecule has 1 saturated heterocycles. The molecule has 1 aromatic carbocycles. The van der Waals surface area contributed by atoms with E-state index in [1.165, 1.54) is 0 Å². The second-order valence-electron chi connectivity index (χ2n) is 6.78. The van der Waals surface area contributed by atoms with Crippen LogP contribution in [-0.4, -0.2) is 32.4 Å². The molecule has 0 unspecified atom stereocenters. The van der Waals surface area contributed by atoms with Gasteiger partial charge in [0.15, 0.2) is 0 Å². The number of alkyl halides is 3. The van der Waals surface area contributed by atoms with Crippen molar-refractivity contribution in [1.29, 1.82) is 0 Å². The number of benzene rings is 1. The van der Waals surface area contributed by atoms with Gasteiger partial charge in [0.05, 0.1) is 11.1 Å². The van der Waals surface area contributed by atoms with Gasteiger partial charge in [0.1, 0.15) is 16.5 Å². The van der Waals surface area contributed by atoms with Crippen molar-refractivity contribution in [2.45, 2.75) is 30.3 Å². The molecule has 30 heavy (non-hydrogen) atoms. The summed E-state index contributed by atoms with van der Waals surface area (Å²) < 4.78 is 76.1. The van der Waals surface area contributed by atoms with E-state index in [9.17, 15) is 30.8 Å². The second kappa shape index (κ2) is 8.19. The molecule has 0 radical (unpaired) electrons. The smallest absolute Gasteiger partial charge is 0.356 e. The predicted octanol–water partition coefficient (Wildman–Crippen LogP) is 3.13. The Balaban J connectivity index is 1.99. The molecular formula is C18H18F4N4O3S. The zero-order valence-corrected chi connectivity index (χ0v) is 16.4. The maximum Gasteiger partial charge on any atom is 0.417 e. The Bertz CT molecular complexity index is 1070. The highest BCUT2D eigenvalue weighted by atomic mass is 32.2. The van der Waals surface area contributed by atoms with Crippen LogP contribution in [0.2, 0.25) is 0 Å². The molecule has 3 rings (SSSR count). The highest BCUT2D eigenvalue weighted by Crippen LogP contribution is 2.32. The van der Waals surface area contributed by atoms with E-state index in [0.29, 0.717) is 25.4 Å². The number of hydrogen-bond donors (Lipinski definition) is 2. The van der Waals surface area contributed by atoms with Gasteiger partial charge in [0, 0.05) is 25.0 Å². The quantitative estimate of drug-likeness (QED) is 0.702. The van der Waals surface area contributed by atoms with Crippen molar-refractivity contribution in [3.8, 4) is 0 Å². The molecule has 0 saturated carbocycles. The molecule has 1 fully saturated rings. The van der Waals surface area contributed by atoms with E-state index in [2.05, 4.69) is 10.3 Å². The van der Waals surface area contributed by atoms with Crippen LogP contribution in [0.25, 0.3) is 0 Å². The Morgan fingerprint density at radius 3 is 2.40 bits per heavy atom. The molecule has 1 aromatic heterocycles.